The van der Waals surface area contributed by atoms with Gasteiger partial charge in [0.2, 0.25) is 0 Å². The highest BCUT2D eigenvalue weighted by molar-refractivity contribution is 8.00. The summed E-state index contributed by atoms with van der Waals surface area (Å²) in [5, 5.41) is 9.81. The third-order valence-electron chi connectivity index (χ3n) is 1.84. The molecular weight excluding hydrogens is 218 g/mol. The van der Waals surface area contributed by atoms with Crippen molar-refractivity contribution in [1.29, 1.82) is 0 Å². The molecule has 0 bridgehead atoms. The minimum absolute atomic E-state index is 0.203. The van der Waals surface area contributed by atoms with Gasteiger partial charge in [0, 0.05) is 27.5 Å². The monoisotopic (exact) mass is 231 g/mol. The summed E-state index contributed by atoms with van der Waals surface area (Å²) in [6.45, 7) is 2.26. The van der Waals surface area contributed by atoms with Gasteiger partial charge in [-0.3, -0.25) is 0 Å². The number of anilines is 1. The molecule has 4 heteroatoms. The van der Waals surface area contributed by atoms with Crippen LogP contribution in [0.4, 0.5) is 5.69 Å². The van der Waals surface area contributed by atoms with E-state index in [0.29, 0.717) is 10.3 Å². The number of benzene rings is 1. The normalized spacial score (nSPS) is 12.8. The molecule has 1 aromatic carbocycles. The number of hydrogen-bond donors (Lipinski definition) is 2. The van der Waals surface area contributed by atoms with Gasteiger partial charge in [-0.15, -0.1) is 11.8 Å². The van der Waals surface area contributed by atoms with Crippen LogP contribution in [0.3, 0.4) is 0 Å². The number of nitrogen functional groups attached to an aromatic ring is 1. The molecule has 1 unspecified atom stereocenters. The van der Waals surface area contributed by atoms with Crippen molar-refractivity contribution in [3.63, 3.8) is 0 Å². The standard InChI is InChI=1S/C10H14ClNOS/c1-7(4-5-13)14-10-6-8(11)2-3-9(10)12/h2-3,6-7,13H,4-5,12H2,1H3. The lowest BCUT2D eigenvalue weighted by Gasteiger charge is -2.11. The third kappa shape index (κ3) is 3.40. The second kappa shape index (κ2) is 5.49. The first-order valence-electron chi connectivity index (χ1n) is 4.46. The summed E-state index contributed by atoms with van der Waals surface area (Å²) in [6, 6.07) is 5.43. The molecule has 3 N–H and O–H groups in total. The van der Waals surface area contributed by atoms with Crippen LogP contribution in [0.25, 0.3) is 0 Å². The predicted octanol–water partition coefficient (Wildman–Crippen LogP) is 2.79. The van der Waals surface area contributed by atoms with Crippen molar-refractivity contribution in [3.8, 4) is 0 Å². The van der Waals surface area contributed by atoms with Crippen LogP contribution < -0.4 is 5.73 Å². The van der Waals surface area contributed by atoms with Crippen LogP contribution in [0, 0.1) is 0 Å². The Kier molecular flexibility index (Phi) is 4.58. The van der Waals surface area contributed by atoms with Gasteiger partial charge in [-0.1, -0.05) is 18.5 Å². The second-order valence-corrected chi connectivity index (χ2v) is 5.04. The topological polar surface area (TPSA) is 46.2 Å². The van der Waals surface area contributed by atoms with Gasteiger partial charge in [-0.25, -0.2) is 0 Å². The first-order chi connectivity index (χ1) is 6.63. The minimum Gasteiger partial charge on any atom is -0.398 e. The van der Waals surface area contributed by atoms with Crippen molar-refractivity contribution in [3.05, 3.63) is 23.2 Å². The number of nitrogens with two attached hydrogens (primary N) is 1. The van der Waals surface area contributed by atoms with Crippen molar-refractivity contribution in [2.45, 2.75) is 23.5 Å². The number of thioether (sulfide) groups is 1. The zero-order valence-electron chi connectivity index (χ0n) is 8.03. The SMILES string of the molecule is CC(CCO)Sc1cc(Cl)ccc1N. The average Bonchev–Trinajstić information content (AvgIpc) is 2.12. The Labute approximate surface area is 93.5 Å². The van der Waals surface area contributed by atoms with Gasteiger partial charge in [-0.2, -0.15) is 0 Å². The maximum Gasteiger partial charge on any atom is 0.0453 e. The molecule has 0 aromatic heterocycles. The van der Waals surface area contributed by atoms with Crippen LogP contribution in [0.2, 0.25) is 5.02 Å². The number of halogens is 1. The molecule has 0 fully saturated rings. The first kappa shape index (κ1) is 11.7. The Hall–Kier alpha value is -0.380. The van der Waals surface area contributed by atoms with E-state index in [9.17, 15) is 0 Å². The van der Waals surface area contributed by atoms with Crippen LogP contribution in [0.15, 0.2) is 23.1 Å². The van der Waals surface area contributed by atoms with E-state index >= 15 is 0 Å². The third-order valence-corrected chi connectivity index (χ3v) is 3.32. The second-order valence-electron chi connectivity index (χ2n) is 3.12. The van der Waals surface area contributed by atoms with Crippen molar-refractivity contribution in [2.24, 2.45) is 0 Å². The van der Waals surface area contributed by atoms with Crippen LogP contribution in [0.1, 0.15) is 13.3 Å². The Morgan fingerprint density at radius 3 is 2.93 bits per heavy atom. The number of aliphatic hydroxyl groups is 1. The minimum atomic E-state index is 0.203. The van der Waals surface area contributed by atoms with E-state index in [1.165, 1.54) is 0 Å². The maximum absolute atomic E-state index is 8.77. The summed E-state index contributed by atoms with van der Waals surface area (Å²) in [6.07, 6.45) is 0.761. The Bertz CT molecular complexity index is 306. The molecule has 1 aromatic rings. The highest BCUT2D eigenvalue weighted by Crippen LogP contribution is 2.31. The van der Waals surface area contributed by atoms with E-state index in [2.05, 4.69) is 6.92 Å². The maximum atomic E-state index is 8.77. The molecule has 1 atom stereocenters. The van der Waals surface area contributed by atoms with E-state index in [-0.39, 0.29) is 6.61 Å². The largest absolute Gasteiger partial charge is 0.398 e. The molecule has 0 aliphatic heterocycles. The quantitative estimate of drug-likeness (QED) is 0.619. The summed E-state index contributed by atoms with van der Waals surface area (Å²) in [5.74, 6) is 0. The molecule has 0 saturated heterocycles. The number of aliphatic hydroxyl groups excluding tert-OH is 1. The number of rotatable bonds is 4. The van der Waals surface area contributed by atoms with Gasteiger partial charge in [0.25, 0.3) is 0 Å². The van der Waals surface area contributed by atoms with Crippen LogP contribution >= 0.6 is 23.4 Å². The fraction of sp³-hybridized carbons (Fsp3) is 0.400. The van der Waals surface area contributed by atoms with Gasteiger partial charge in [0.05, 0.1) is 0 Å². The van der Waals surface area contributed by atoms with Gasteiger partial charge in [0.15, 0.2) is 0 Å². The average molecular weight is 232 g/mol. The molecule has 14 heavy (non-hydrogen) atoms. The molecule has 78 valence electrons. The fourth-order valence-electron chi connectivity index (χ4n) is 1.07. The van der Waals surface area contributed by atoms with Crippen molar-refractivity contribution in [1.82, 2.24) is 0 Å². The molecule has 2 nitrogen and oxygen atoms in total. The van der Waals surface area contributed by atoms with Crippen LogP contribution in [0.5, 0.6) is 0 Å². The highest BCUT2D eigenvalue weighted by Gasteiger charge is 2.06. The Morgan fingerprint density at radius 1 is 1.57 bits per heavy atom. The lowest BCUT2D eigenvalue weighted by molar-refractivity contribution is 0.289. The number of hydrogen-bond acceptors (Lipinski definition) is 3. The molecule has 0 heterocycles. The van der Waals surface area contributed by atoms with Gasteiger partial charge in [-0.05, 0) is 24.6 Å². The van der Waals surface area contributed by atoms with E-state index in [4.69, 9.17) is 22.4 Å². The smallest absolute Gasteiger partial charge is 0.0453 e. The molecule has 1 rings (SSSR count). The summed E-state index contributed by atoms with van der Waals surface area (Å²) in [7, 11) is 0. The van der Waals surface area contributed by atoms with Crippen molar-refractivity contribution in [2.75, 3.05) is 12.3 Å². The van der Waals surface area contributed by atoms with Crippen molar-refractivity contribution >= 4 is 29.1 Å². The molecule has 0 amide bonds. The van der Waals surface area contributed by atoms with E-state index in [1.807, 2.05) is 6.07 Å². The van der Waals surface area contributed by atoms with Gasteiger partial charge >= 0.3 is 0 Å². The molecule has 0 aliphatic carbocycles. The van der Waals surface area contributed by atoms with Crippen LogP contribution in [-0.4, -0.2) is 17.0 Å². The lowest BCUT2D eigenvalue weighted by atomic mass is 10.3. The molecular formula is C10H14ClNOS. The molecule has 0 spiro atoms. The Morgan fingerprint density at radius 2 is 2.29 bits per heavy atom. The van der Waals surface area contributed by atoms with E-state index in [1.54, 1.807) is 23.9 Å². The van der Waals surface area contributed by atoms with Crippen molar-refractivity contribution < 1.29 is 5.11 Å². The summed E-state index contributed by atoms with van der Waals surface area (Å²) >= 11 is 7.50. The summed E-state index contributed by atoms with van der Waals surface area (Å²) in [4.78, 5) is 0.985. The zero-order valence-corrected chi connectivity index (χ0v) is 9.61. The lowest BCUT2D eigenvalue weighted by Crippen LogP contribution is -2.00. The van der Waals surface area contributed by atoms with E-state index < -0.39 is 0 Å². The van der Waals surface area contributed by atoms with Gasteiger partial charge in [0.1, 0.15) is 0 Å². The predicted molar refractivity (Wildman–Crippen MR) is 62.9 cm³/mol. The van der Waals surface area contributed by atoms with Crippen LogP contribution in [-0.2, 0) is 0 Å². The van der Waals surface area contributed by atoms with Gasteiger partial charge < -0.3 is 10.8 Å². The molecule has 0 saturated carbocycles. The fourth-order valence-corrected chi connectivity index (χ4v) is 2.36. The molecule has 0 radical (unpaired) electrons. The summed E-state index contributed by atoms with van der Waals surface area (Å²) in [5.41, 5.74) is 6.53. The highest BCUT2D eigenvalue weighted by atomic mass is 35.5. The zero-order chi connectivity index (χ0) is 10.6. The molecule has 0 aliphatic rings. The summed E-state index contributed by atoms with van der Waals surface area (Å²) < 4.78 is 0. The van der Waals surface area contributed by atoms with E-state index in [0.717, 1.165) is 17.0 Å². The first-order valence-corrected chi connectivity index (χ1v) is 5.71. The Balaban J connectivity index is 2.70.